The molecule has 94 valence electrons. The number of pyridine rings is 1. The molecule has 0 saturated carbocycles. The molecule has 2 aromatic rings. The van der Waals surface area contributed by atoms with Crippen molar-refractivity contribution in [3.05, 3.63) is 44.9 Å². The van der Waals surface area contributed by atoms with Gasteiger partial charge in [-0.2, -0.15) is 5.10 Å². The van der Waals surface area contributed by atoms with Gasteiger partial charge in [0.25, 0.3) is 5.69 Å². The Morgan fingerprint density at radius 3 is 2.89 bits per heavy atom. The van der Waals surface area contributed by atoms with Gasteiger partial charge in [0.15, 0.2) is 0 Å². The molecule has 0 aliphatic rings. The first-order valence-electron chi connectivity index (χ1n) is 5.10. The Morgan fingerprint density at radius 2 is 2.33 bits per heavy atom. The van der Waals surface area contributed by atoms with Crippen molar-refractivity contribution in [2.45, 2.75) is 13.5 Å². The van der Waals surface area contributed by atoms with Gasteiger partial charge in [0, 0.05) is 23.9 Å². The molecule has 2 heterocycles. The van der Waals surface area contributed by atoms with E-state index in [4.69, 9.17) is 11.6 Å². The molecule has 0 atom stereocenters. The normalized spacial score (nSPS) is 10.3. The summed E-state index contributed by atoms with van der Waals surface area (Å²) < 4.78 is 0. The molecule has 8 heteroatoms. The van der Waals surface area contributed by atoms with E-state index in [1.54, 1.807) is 6.20 Å². The van der Waals surface area contributed by atoms with E-state index < -0.39 is 4.92 Å². The minimum absolute atomic E-state index is 0.134. The minimum atomic E-state index is -0.539. The van der Waals surface area contributed by atoms with E-state index in [1.165, 1.54) is 6.07 Å². The number of hydrogen-bond acceptors (Lipinski definition) is 5. The first kappa shape index (κ1) is 12.3. The van der Waals surface area contributed by atoms with Gasteiger partial charge < -0.3 is 5.32 Å². The van der Waals surface area contributed by atoms with Crippen LogP contribution in [0.15, 0.2) is 18.5 Å². The summed E-state index contributed by atoms with van der Waals surface area (Å²) in [7, 11) is 0. The van der Waals surface area contributed by atoms with Gasteiger partial charge in [-0.15, -0.1) is 0 Å². The quantitative estimate of drug-likeness (QED) is 0.654. The number of rotatable bonds is 4. The van der Waals surface area contributed by atoms with Crippen LogP contribution in [0.3, 0.4) is 0 Å². The van der Waals surface area contributed by atoms with Crippen molar-refractivity contribution < 1.29 is 4.92 Å². The minimum Gasteiger partial charge on any atom is -0.365 e. The Morgan fingerprint density at radius 1 is 1.56 bits per heavy atom. The molecule has 0 unspecified atom stereocenters. The second-order valence-corrected chi connectivity index (χ2v) is 4.06. The van der Waals surface area contributed by atoms with E-state index in [0.717, 1.165) is 17.5 Å². The number of aryl methyl sites for hydroxylation is 1. The van der Waals surface area contributed by atoms with Crippen molar-refractivity contribution in [1.29, 1.82) is 0 Å². The highest BCUT2D eigenvalue weighted by Crippen LogP contribution is 2.24. The Kier molecular flexibility index (Phi) is 3.42. The summed E-state index contributed by atoms with van der Waals surface area (Å²) in [5.74, 6) is 0.405. The molecule has 7 nitrogen and oxygen atoms in total. The van der Waals surface area contributed by atoms with Gasteiger partial charge in [-0.25, -0.2) is 4.98 Å². The van der Waals surface area contributed by atoms with Crippen LogP contribution in [-0.4, -0.2) is 20.1 Å². The monoisotopic (exact) mass is 267 g/mol. The average Bonchev–Trinajstić information content (AvgIpc) is 2.73. The number of anilines is 1. The number of halogens is 1. The summed E-state index contributed by atoms with van der Waals surface area (Å²) in [4.78, 5) is 13.9. The third-order valence-corrected chi connectivity index (χ3v) is 2.71. The summed E-state index contributed by atoms with van der Waals surface area (Å²) in [5.41, 5.74) is 1.79. The lowest BCUT2D eigenvalue weighted by molar-refractivity contribution is -0.385. The molecular weight excluding hydrogens is 258 g/mol. The molecule has 0 aliphatic carbocycles. The summed E-state index contributed by atoms with van der Waals surface area (Å²) in [6.07, 6.45) is 2.86. The molecule has 0 radical (unpaired) electrons. The number of H-pyrrole nitrogens is 1. The maximum Gasteiger partial charge on any atom is 0.289 e. The van der Waals surface area contributed by atoms with Crippen molar-refractivity contribution in [2.24, 2.45) is 0 Å². The zero-order valence-electron chi connectivity index (χ0n) is 9.48. The fourth-order valence-electron chi connectivity index (χ4n) is 1.39. The van der Waals surface area contributed by atoms with Gasteiger partial charge in [0.2, 0.25) is 0 Å². The molecule has 0 amide bonds. The number of hydrogen-bond donors (Lipinski definition) is 2. The van der Waals surface area contributed by atoms with E-state index in [2.05, 4.69) is 20.5 Å². The van der Waals surface area contributed by atoms with Crippen LogP contribution in [0.4, 0.5) is 11.5 Å². The maximum atomic E-state index is 10.5. The maximum absolute atomic E-state index is 10.5. The van der Waals surface area contributed by atoms with Crippen LogP contribution in [-0.2, 0) is 6.54 Å². The molecule has 0 saturated heterocycles. The van der Waals surface area contributed by atoms with Crippen LogP contribution in [0.5, 0.6) is 0 Å². The Bertz CT molecular complexity index is 583. The smallest absolute Gasteiger partial charge is 0.289 e. The summed E-state index contributed by atoms with van der Waals surface area (Å²) in [6.45, 7) is 2.39. The topological polar surface area (TPSA) is 96.7 Å². The molecule has 18 heavy (non-hydrogen) atoms. The van der Waals surface area contributed by atoms with Crippen LogP contribution in [0.2, 0.25) is 5.02 Å². The van der Waals surface area contributed by atoms with Gasteiger partial charge in [-0.3, -0.25) is 15.2 Å². The SMILES string of the molecule is Cc1[nH]ncc1CNc1ncc([N+](=O)[O-])cc1Cl. The van der Waals surface area contributed by atoms with E-state index >= 15 is 0 Å². The number of aromatic nitrogens is 3. The van der Waals surface area contributed by atoms with E-state index in [1.807, 2.05) is 6.92 Å². The molecular formula is C10H10ClN5O2. The lowest BCUT2D eigenvalue weighted by atomic mass is 10.2. The van der Waals surface area contributed by atoms with Gasteiger partial charge in [0.1, 0.15) is 12.0 Å². The van der Waals surface area contributed by atoms with Crippen molar-refractivity contribution in [3.63, 3.8) is 0 Å². The molecule has 0 bridgehead atoms. The zero-order chi connectivity index (χ0) is 13.1. The van der Waals surface area contributed by atoms with Crippen LogP contribution in [0, 0.1) is 17.0 Å². The molecule has 2 aromatic heterocycles. The van der Waals surface area contributed by atoms with Gasteiger partial charge >= 0.3 is 0 Å². The third-order valence-electron chi connectivity index (χ3n) is 2.42. The predicted octanol–water partition coefficient (Wildman–Crippen LogP) is 2.29. The first-order chi connectivity index (χ1) is 8.58. The zero-order valence-corrected chi connectivity index (χ0v) is 10.2. The Hall–Kier alpha value is -2.15. The highest BCUT2D eigenvalue weighted by molar-refractivity contribution is 6.33. The lowest BCUT2D eigenvalue weighted by Crippen LogP contribution is -2.03. The molecule has 2 N–H and O–H groups in total. The van der Waals surface area contributed by atoms with Crippen LogP contribution < -0.4 is 5.32 Å². The van der Waals surface area contributed by atoms with E-state index in [9.17, 15) is 10.1 Å². The molecule has 0 fully saturated rings. The van der Waals surface area contributed by atoms with Crippen LogP contribution >= 0.6 is 11.6 Å². The molecule has 0 aromatic carbocycles. The molecule has 2 rings (SSSR count). The Labute approximate surface area is 107 Å². The third kappa shape index (κ3) is 2.57. The van der Waals surface area contributed by atoms with Crippen molar-refractivity contribution in [2.75, 3.05) is 5.32 Å². The van der Waals surface area contributed by atoms with Crippen molar-refractivity contribution in [3.8, 4) is 0 Å². The van der Waals surface area contributed by atoms with Crippen LogP contribution in [0.1, 0.15) is 11.3 Å². The summed E-state index contributed by atoms with van der Waals surface area (Å²) in [5, 5.41) is 20.4. The second kappa shape index (κ2) is 5.01. The van der Waals surface area contributed by atoms with Crippen LogP contribution in [0.25, 0.3) is 0 Å². The first-order valence-corrected chi connectivity index (χ1v) is 5.48. The molecule has 0 spiro atoms. The fourth-order valence-corrected chi connectivity index (χ4v) is 1.62. The number of nitrogens with zero attached hydrogens (tertiary/aromatic N) is 3. The highest BCUT2D eigenvalue weighted by atomic mass is 35.5. The van der Waals surface area contributed by atoms with Crippen molar-refractivity contribution in [1.82, 2.24) is 15.2 Å². The van der Waals surface area contributed by atoms with Gasteiger partial charge in [-0.1, -0.05) is 11.6 Å². The van der Waals surface area contributed by atoms with Gasteiger partial charge in [-0.05, 0) is 6.92 Å². The van der Waals surface area contributed by atoms with Crippen molar-refractivity contribution >= 4 is 23.1 Å². The Balaban J connectivity index is 2.11. The standard InChI is InChI=1S/C10H10ClN5O2/c1-6-7(4-14-15-6)3-12-10-9(11)2-8(5-13-10)16(17)18/h2,4-5H,3H2,1H3,(H,12,13)(H,14,15). The summed E-state index contributed by atoms with van der Waals surface area (Å²) in [6, 6.07) is 1.26. The number of aromatic amines is 1. The summed E-state index contributed by atoms with van der Waals surface area (Å²) >= 11 is 5.90. The average molecular weight is 268 g/mol. The molecule has 0 aliphatic heterocycles. The van der Waals surface area contributed by atoms with E-state index in [-0.39, 0.29) is 10.7 Å². The fraction of sp³-hybridized carbons (Fsp3) is 0.200. The second-order valence-electron chi connectivity index (χ2n) is 3.65. The van der Waals surface area contributed by atoms with E-state index in [0.29, 0.717) is 12.4 Å². The largest absolute Gasteiger partial charge is 0.365 e. The lowest BCUT2D eigenvalue weighted by Gasteiger charge is -2.06. The predicted molar refractivity (Wildman–Crippen MR) is 66.6 cm³/mol. The van der Waals surface area contributed by atoms with Gasteiger partial charge in [0.05, 0.1) is 16.1 Å². The highest BCUT2D eigenvalue weighted by Gasteiger charge is 2.11. The number of nitrogens with one attached hydrogen (secondary N) is 2. The number of nitro groups is 1.